The Kier molecular flexibility index (Phi) is 4.00. The summed E-state index contributed by atoms with van der Waals surface area (Å²) in [6.45, 7) is 14.7. The molecule has 60 valence electrons. The van der Waals surface area contributed by atoms with Crippen molar-refractivity contribution in [1.29, 1.82) is 0 Å². The molecule has 0 aromatic rings. The van der Waals surface area contributed by atoms with Crippen molar-refractivity contribution in [3.05, 3.63) is 0 Å². The van der Waals surface area contributed by atoms with E-state index >= 15 is 0 Å². The van der Waals surface area contributed by atoms with E-state index in [-0.39, 0.29) is 0 Å². The minimum absolute atomic E-state index is 0.847. The second-order valence-electron chi connectivity index (χ2n) is 5.21. The molecular weight excluding hydrogens is 231 g/mol. The maximum absolute atomic E-state index is 6.36. The molecule has 0 fully saturated rings. The van der Waals surface area contributed by atoms with Gasteiger partial charge >= 0.3 is 76.2 Å². The van der Waals surface area contributed by atoms with E-state index < -0.39 is 34.0 Å². The Bertz CT molecular complexity index is 99.9. The quantitative estimate of drug-likeness (QED) is 0.748. The molecule has 0 aromatic heterocycles. The van der Waals surface area contributed by atoms with Gasteiger partial charge < -0.3 is 0 Å². The number of hydrogen-bond acceptors (Lipinski definition) is 1. The summed E-state index contributed by atoms with van der Waals surface area (Å²) in [5.41, 5.74) is 0. The van der Waals surface area contributed by atoms with Crippen LogP contribution in [0.1, 0.15) is 0 Å². The fourth-order valence-corrected chi connectivity index (χ4v) is 69.2. The monoisotopic (exact) mass is 251 g/mol. The van der Waals surface area contributed by atoms with Crippen molar-refractivity contribution in [2.45, 2.75) is 39.3 Å². The zero-order valence-corrected chi connectivity index (χ0v) is 13.0. The Morgan fingerprint density at radius 3 is 1.00 bits per heavy atom. The van der Waals surface area contributed by atoms with Gasteiger partial charge in [-0.05, 0) is 0 Å². The van der Waals surface area contributed by atoms with Crippen molar-refractivity contribution in [3.63, 3.8) is 0 Å². The van der Waals surface area contributed by atoms with Gasteiger partial charge in [0.2, 0.25) is 0 Å². The Morgan fingerprint density at radius 1 is 0.800 bits per heavy atom. The van der Waals surface area contributed by atoms with Gasteiger partial charge in [-0.25, -0.2) is 0 Å². The summed E-state index contributed by atoms with van der Waals surface area (Å²) in [5, 5.41) is 0. The van der Waals surface area contributed by atoms with Crippen molar-refractivity contribution in [2.24, 2.45) is 2.87 Å². The SMILES string of the molecule is C[Si](C)(C)[Y]([NH2])[Si](C)(C)C. The predicted molar refractivity (Wildman–Crippen MR) is 50.9 cm³/mol. The van der Waals surface area contributed by atoms with E-state index in [2.05, 4.69) is 39.3 Å². The van der Waals surface area contributed by atoms with Gasteiger partial charge in [0.05, 0.1) is 0 Å². The molecule has 0 saturated heterocycles. The van der Waals surface area contributed by atoms with E-state index in [1.54, 1.807) is 0 Å². The van der Waals surface area contributed by atoms with Gasteiger partial charge in [-0.15, -0.1) is 0 Å². The fourth-order valence-electron chi connectivity index (χ4n) is 1.30. The van der Waals surface area contributed by atoms with Crippen LogP contribution in [0, 0.1) is 0 Å². The second-order valence-corrected chi connectivity index (χ2v) is 53.3. The van der Waals surface area contributed by atoms with Crippen LogP contribution in [0.3, 0.4) is 0 Å². The van der Waals surface area contributed by atoms with E-state index in [0.717, 1.165) is 0 Å². The summed E-state index contributed by atoms with van der Waals surface area (Å²) in [4.78, 5) is 0. The first-order chi connectivity index (χ1) is 4.15. The van der Waals surface area contributed by atoms with Crippen LogP contribution < -0.4 is 2.87 Å². The third-order valence-electron chi connectivity index (χ3n) is 1.87. The summed E-state index contributed by atoms with van der Waals surface area (Å²) < 4.78 is 4.67. The maximum atomic E-state index is 6.36. The van der Waals surface area contributed by atoms with Crippen LogP contribution in [0.2, 0.25) is 39.3 Å². The first-order valence-corrected chi connectivity index (χ1v) is 21.2. The predicted octanol–water partition coefficient (Wildman–Crippen LogP) is 2.15. The normalized spacial score (nSPS) is 13.5. The van der Waals surface area contributed by atoms with Crippen LogP contribution in [0.15, 0.2) is 0 Å². The first-order valence-electron chi connectivity index (χ1n) is 3.91. The number of hydrogen-bond donors (Lipinski definition) is 1. The Morgan fingerprint density at radius 2 is 1.00 bits per heavy atom. The number of rotatable bonds is 2. The molecule has 0 spiro atoms. The molecule has 0 atom stereocenters. The Labute approximate surface area is 75.5 Å². The van der Waals surface area contributed by atoms with Gasteiger partial charge in [0.25, 0.3) is 0 Å². The van der Waals surface area contributed by atoms with Crippen molar-refractivity contribution in [1.82, 2.24) is 0 Å². The van der Waals surface area contributed by atoms with Gasteiger partial charge in [-0.1, -0.05) is 0 Å². The van der Waals surface area contributed by atoms with Gasteiger partial charge in [0.15, 0.2) is 0 Å². The summed E-state index contributed by atoms with van der Waals surface area (Å²) >= 11 is -1.49. The average Bonchev–Trinajstić information content (AvgIpc) is 1.59. The van der Waals surface area contributed by atoms with Gasteiger partial charge in [-0.2, -0.15) is 0 Å². The molecule has 10 heavy (non-hydrogen) atoms. The molecule has 0 aliphatic rings. The third kappa shape index (κ3) is 3.76. The number of nitrogens with two attached hydrogens (primary N) is 1. The Balaban J connectivity index is 4.23. The zero-order valence-electron chi connectivity index (χ0n) is 8.15. The standard InChI is InChI=1S/2C3H9Si.H2N.Y/c2*1-4(2)3;;/h2*1-3H3;1H2;/q;;-1;+1. The zero-order chi connectivity index (χ0) is 8.58. The van der Waals surface area contributed by atoms with E-state index in [1.807, 2.05) is 0 Å². The van der Waals surface area contributed by atoms with Crippen molar-refractivity contribution >= 4 is 8.19 Å². The van der Waals surface area contributed by atoms with Crippen LogP contribution in [0.5, 0.6) is 0 Å². The van der Waals surface area contributed by atoms with Crippen LogP contribution in [-0.4, -0.2) is 8.19 Å². The molecule has 0 rings (SSSR count). The molecule has 0 heterocycles. The molecule has 0 saturated carbocycles. The fraction of sp³-hybridized carbons (Fsp3) is 1.00. The van der Waals surface area contributed by atoms with Crippen molar-refractivity contribution < 1.29 is 25.8 Å². The van der Waals surface area contributed by atoms with Gasteiger partial charge in [0.1, 0.15) is 0 Å². The van der Waals surface area contributed by atoms with Crippen LogP contribution in [0.4, 0.5) is 0 Å². The molecule has 0 aromatic carbocycles. The van der Waals surface area contributed by atoms with Gasteiger partial charge in [0, 0.05) is 0 Å². The van der Waals surface area contributed by atoms with Crippen molar-refractivity contribution in [2.75, 3.05) is 0 Å². The first kappa shape index (κ1) is 11.5. The van der Waals surface area contributed by atoms with E-state index in [4.69, 9.17) is 2.87 Å². The molecular formula is C6H20NSi2Y. The molecule has 0 radical (unpaired) electrons. The summed E-state index contributed by atoms with van der Waals surface area (Å²) in [6, 6.07) is 0. The summed E-state index contributed by atoms with van der Waals surface area (Å²) in [5.74, 6) is 0. The molecule has 0 unspecified atom stereocenters. The van der Waals surface area contributed by atoms with E-state index in [1.165, 1.54) is 0 Å². The second kappa shape index (κ2) is 3.48. The molecule has 2 N–H and O–H groups in total. The molecule has 0 bridgehead atoms. The molecule has 4 heteroatoms. The average molecular weight is 251 g/mol. The Hall–Kier alpha value is 1.50. The van der Waals surface area contributed by atoms with E-state index in [9.17, 15) is 0 Å². The summed E-state index contributed by atoms with van der Waals surface area (Å²) in [6.07, 6.45) is 0. The van der Waals surface area contributed by atoms with Crippen LogP contribution in [-0.2, 0) is 25.8 Å². The van der Waals surface area contributed by atoms with Gasteiger partial charge in [-0.3, -0.25) is 0 Å². The minimum atomic E-state index is -1.49. The third-order valence-corrected chi connectivity index (χ3v) is 63.9. The molecule has 0 aliphatic heterocycles. The van der Waals surface area contributed by atoms with Crippen LogP contribution in [0.25, 0.3) is 0 Å². The molecule has 0 aliphatic carbocycles. The molecule has 1 nitrogen and oxygen atoms in total. The molecule has 0 amide bonds. The van der Waals surface area contributed by atoms with E-state index in [0.29, 0.717) is 0 Å². The van der Waals surface area contributed by atoms with Crippen molar-refractivity contribution in [3.8, 4) is 0 Å². The summed E-state index contributed by atoms with van der Waals surface area (Å²) in [7, 11) is 0. The van der Waals surface area contributed by atoms with Crippen LogP contribution >= 0.6 is 0 Å². The topological polar surface area (TPSA) is 26.0 Å².